The van der Waals surface area contributed by atoms with E-state index in [9.17, 15) is 19.5 Å². The van der Waals surface area contributed by atoms with Gasteiger partial charge in [-0.25, -0.2) is 19.6 Å². The molecule has 0 radical (unpaired) electrons. The maximum atomic E-state index is 14.1. The molecule has 6 rings (SSSR count). The van der Waals surface area contributed by atoms with Crippen molar-refractivity contribution in [1.29, 1.82) is 0 Å². The van der Waals surface area contributed by atoms with Gasteiger partial charge in [0.1, 0.15) is 35.7 Å². The zero-order valence-electron chi connectivity index (χ0n) is 25.8. The SMILES string of the molecule is COC(=O)C1CC2CN1C(=O)C(C(C)(C)C)NC(=O)OC1CC3C=CC3C1CCCCCc1nc3ccc(O)cc3nc1O2. The normalized spacial score (nSPS) is 30.9. The van der Waals surface area contributed by atoms with Gasteiger partial charge < -0.3 is 29.5 Å². The van der Waals surface area contributed by atoms with Gasteiger partial charge in [-0.3, -0.25) is 4.79 Å². The molecular formula is C33H42N4O7. The number of esters is 1. The molecular weight excluding hydrogens is 564 g/mol. The number of aryl methyl sites for hydroxylation is 1. The summed E-state index contributed by atoms with van der Waals surface area (Å²) in [6.07, 6.45) is 8.39. The van der Waals surface area contributed by atoms with Crippen LogP contribution in [-0.2, 0) is 25.5 Å². The molecule has 2 aromatic rings. The predicted molar refractivity (Wildman–Crippen MR) is 161 cm³/mol. The van der Waals surface area contributed by atoms with Gasteiger partial charge in [0.25, 0.3) is 0 Å². The number of carbonyl (C=O) groups is 3. The minimum atomic E-state index is -0.950. The highest BCUT2D eigenvalue weighted by Gasteiger charge is 2.48. The van der Waals surface area contributed by atoms with Crippen molar-refractivity contribution in [2.24, 2.45) is 23.2 Å². The lowest BCUT2D eigenvalue weighted by atomic mass is 9.78. The van der Waals surface area contributed by atoms with Crippen LogP contribution in [0.1, 0.15) is 65.0 Å². The van der Waals surface area contributed by atoms with E-state index >= 15 is 0 Å². The first-order chi connectivity index (χ1) is 21.0. The highest BCUT2D eigenvalue weighted by Crippen LogP contribution is 2.48. The summed E-state index contributed by atoms with van der Waals surface area (Å²) >= 11 is 0. The van der Waals surface area contributed by atoms with Gasteiger partial charge in [0.15, 0.2) is 0 Å². The van der Waals surface area contributed by atoms with E-state index < -0.39 is 41.6 Å². The van der Waals surface area contributed by atoms with Crippen LogP contribution in [0.25, 0.3) is 11.0 Å². The van der Waals surface area contributed by atoms with Crippen LogP contribution >= 0.6 is 0 Å². The Morgan fingerprint density at radius 3 is 2.61 bits per heavy atom. The summed E-state index contributed by atoms with van der Waals surface area (Å²) in [6.45, 7) is 5.70. The largest absolute Gasteiger partial charge is 0.508 e. The number of phenolic OH excluding ortho intramolecular Hbond substituents is 1. The van der Waals surface area contributed by atoms with Crippen LogP contribution in [-0.4, -0.2) is 75.9 Å². The molecule has 2 bridgehead atoms. The Bertz CT molecular complexity index is 1470. The molecule has 2 aliphatic heterocycles. The third kappa shape index (κ3) is 5.93. The number of amides is 2. The summed E-state index contributed by atoms with van der Waals surface area (Å²) in [4.78, 5) is 51.4. The van der Waals surface area contributed by atoms with Crippen molar-refractivity contribution < 1.29 is 33.7 Å². The maximum absolute atomic E-state index is 14.1. The number of hydrogen-bond donors (Lipinski definition) is 2. The molecule has 2 fully saturated rings. The number of aromatic hydroxyl groups is 1. The van der Waals surface area contributed by atoms with Crippen LogP contribution < -0.4 is 10.1 Å². The Labute approximate surface area is 257 Å². The van der Waals surface area contributed by atoms with Crippen molar-refractivity contribution in [2.75, 3.05) is 13.7 Å². The van der Waals surface area contributed by atoms with Gasteiger partial charge in [0.2, 0.25) is 11.8 Å². The van der Waals surface area contributed by atoms with E-state index in [0.717, 1.165) is 32.1 Å². The van der Waals surface area contributed by atoms with E-state index in [2.05, 4.69) is 17.5 Å². The van der Waals surface area contributed by atoms with Crippen LogP contribution in [0, 0.1) is 23.2 Å². The van der Waals surface area contributed by atoms with Crippen molar-refractivity contribution >= 4 is 29.0 Å². The van der Waals surface area contributed by atoms with Gasteiger partial charge in [0.05, 0.1) is 24.7 Å². The number of rotatable bonds is 1. The molecule has 236 valence electrons. The molecule has 0 spiro atoms. The minimum absolute atomic E-state index is 0.0725. The molecule has 11 nitrogen and oxygen atoms in total. The van der Waals surface area contributed by atoms with Gasteiger partial charge in [0, 0.05) is 18.4 Å². The zero-order valence-corrected chi connectivity index (χ0v) is 25.8. The fourth-order valence-corrected chi connectivity index (χ4v) is 7.21. The van der Waals surface area contributed by atoms with Crippen LogP contribution in [0.5, 0.6) is 11.6 Å². The molecule has 2 amide bonds. The monoisotopic (exact) mass is 606 g/mol. The van der Waals surface area contributed by atoms with Gasteiger partial charge in [-0.05, 0) is 55.1 Å². The van der Waals surface area contributed by atoms with Crippen LogP contribution in [0.2, 0.25) is 0 Å². The summed E-state index contributed by atoms with van der Waals surface area (Å²) in [6, 6.07) is 3.01. The first-order valence-electron chi connectivity index (χ1n) is 15.7. The second-order valence-corrected chi connectivity index (χ2v) is 13.7. The first kappa shape index (κ1) is 30.1. The van der Waals surface area contributed by atoms with Crippen molar-refractivity contribution in [2.45, 2.75) is 90.0 Å². The second-order valence-electron chi connectivity index (χ2n) is 13.7. The van der Waals surface area contributed by atoms with Crippen LogP contribution in [0.4, 0.5) is 4.79 Å². The number of nitrogens with zero attached hydrogens (tertiary/aromatic N) is 3. The number of alkyl carbamates (subject to hydrolysis) is 1. The molecule has 7 unspecified atom stereocenters. The lowest BCUT2D eigenvalue weighted by Crippen LogP contribution is -2.57. The highest BCUT2D eigenvalue weighted by atomic mass is 16.6. The number of carbonyl (C=O) groups excluding carboxylic acids is 3. The summed E-state index contributed by atoms with van der Waals surface area (Å²) in [5, 5.41) is 12.9. The highest BCUT2D eigenvalue weighted by molar-refractivity contribution is 5.91. The van der Waals surface area contributed by atoms with Gasteiger partial charge in [-0.1, -0.05) is 45.8 Å². The topological polar surface area (TPSA) is 140 Å². The van der Waals surface area contributed by atoms with E-state index in [0.29, 0.717) is 40.9 Å². The Morgan fingerprint density at radius 1 is 1.07 bits per heavy atom. The average molecular weight is 607 g/mol. The van der Waals surface area contributed by atoms with Crippen molar-refractivity contribution in [3.8, 4) is 11.6 Å². The number of allylic oxidation sites excluding steroid dienone is 2. The summed E-state index contributed by atoms with van der Waals surface area (Å²) in [5.74, 6) is 0.495. The number of fused-ring (bicyclic) bond motifs is 7. The molecule has 1 saturated heterocycles. The fourth-order valence-electron chi connectivity index (χ4n) is 7.21. The predicted octanol–water partition coefficient (Wildman–Crippen LogP) is 4.30. The molecule has 1 aromatic carbocycles. The lowest BCUT2D eigenvalue weighted by molar-refractivity contribution is -0.152. The van der Waals surface area contributed by atoms with Gasteiger partial charge >= 0.3 is 12.1 Å². The van der Waals surface area contributed by atoms with Crippen LogP contribution in [0.3, 0.4) is 0 Å². The molecule has 1 saturated carbocycles. The van der Waals surface area contributed by atoms with E-state index in [4.69, 9.17) is 24.2 Å². The molecule has 11 heteroatoms. The van der Waals surface area contributed by atoms with Gasteiger partial charge in [-0.2, -0.15) is 0 Å². The lowest BCUT2D eigenvalue weighted by Gasteiger charge is -2.35. The first-order valence-corrected chi connectivity index (χ1v) is 15.7. The standard InChI is InChI=1S/C33H42N4O7/c1-33(2,3)28-30(39)37-17-20(16-26(37)31(40)42-4)43-29-24(34-23-13-11-19(38)15-25(23)35-29)9-7-5-6-8-22-21-12-10-18(21)14-27(22)44-32(41)36-28/h10-13,15,18,20-22,26-28,38H,5-9,14,16-17H2,1-4H3,(H,36,41). The number of hydrogen-bond acceptors (Lipinski definition) is 9. The minimum Gasteiger partial charge on any atom is -0.508 e. The maximum Gasteiger partial charge on any atom is 0.408 e. The molecule has 4 aliphatic rings. The fraction of sp³-hybridized carbons (Fsp3) is 0.606. The Morgan fingerprint density at radius 2 is 1.89 bits per heavy atom. The Balaban J connectivity index is 1.34. The molecule has 1 aromatic heterocycles. The Hall–Kier alpha value is -3.89. The summed E-state index contributed by atoms with van der Waals surface area (Å²) < 4.78 is 17.5. The van der Waals surface area contributed by atoms with E-state index in [1.165, 1.54) is 18.1 Å². The average Bonchev–Trinajstić information content (AvgIpc) is 3.48. The molecule has 3 heterocycles. The molecule has 2 N–H and O–H groups in total. The number of benzene rings is 1. The molecule has 2 aliphatic carbocycles. The summed E-state index contributed by atoms with van der Waals surface area (Å²) in [7, 11) is 1.29. The van der Waals surface area contributed by atoms with Crippen molar-refractivity contribution in [3.05, 3.63) is 36.0 Å². The van der Waals surface area contributed by atoms with Crippen LogP contribution in [0.15, 0.2) is 30.4 Å². The van der Waals surface area contributed by atoms with Crippen molar-refractivity contribution in [3.63, 3.8) is 0 Å². The van der Waals surface area contributed by atoms with E-state index in [-0.39, 0.29) is 30.7 Å². The van der Waals surface area contributed by atoms with E-state index in [1.54, 1.807) is 12.1 Å². The van der Waals surface area contributed by atoms with Gasteiger partial charge in [-0.15, -0.1) is 0 Å². The quantitative estimate of drug-likeness (QED) is 0.359. The number of phenols is 1. The molecule has 44 heavy (non-hydrogen) atoms. The number of aromatic nitrogens is 2. The number of methoxy groups -OCH3 is 1. The van der Waals surface area contributed by atoms with E-state index in [1.807, 2.05) is 20.8 Å². The third-order valence-electron chi connectivity index (χ3n) is 9.62. The summed E-state index contributed by atoms with van der Waals surface area (Å²) in [5.41, 5.74) is 1.17. The van der Waals surface area contributed by atoms with Crippen molar-refractivity contribution in [1.82, 2.24) is 20.2 Å². The zero-order chi connectivity index (χ0) is 31.2. The Kier molecular flexibility index (Phi) is 8.15. The number of ether oxygens (including phenoxy) is 3. The second kappa shape index (κ2) is 11.9. The smallest absolute Gasteiger partial charge is 0.408 e. The third-order valence-corrected chi connectivity index (χ3v) is 9.62. The number of nitrogens with one attached hydrogen (secondary N) is 1. The molecule has 7 atom stereocenters.